The summed E-state index contributed by atoms with van der Waals surface area (Å²) in [7, 11) is 1.56. The summed E-state index contributed by atoms with van der Waals surface area (Å²) in [5.74, 6) is 1.43. The standard InChI is InChI=1S/C11H11ClN2O2/c1-6-3-4-7(11(15-2)10(6)12)8-5-9(13)14-16-8/h3-5H,1-2H3,(H2,13,14). The van der Waals surface area contributed by atoms with Gasteiger partial charge in [-0.15, -0.1) is 0 Å². The Kier molecular flexibility index (Phi) is 2.75. The minimum Gasteiger partial charge on any atom is -0.494 e. The Bertz CT molecular complexity index is 523. The van der Waals surface area contributed by atoms with Crippen molar-refractivity contribution in [2.75, 3.05) is 12.8 Å². The zero-order valence-corrected chi connectivity index (χ0v) is 9.71. The Morgan fingerprint density at radius 3 is 2.75 bits per heavy atom. The minimum atomic E-state index is 0.328. The molecule has 0 amide bonds. The minimum absolute atomic E-state index is 0.328. The maximum Gasteiger partial charge on any atom is 0.172 e. The molecule has 0 aliphatic heterocycles. The van der Waals surface area contributed by atoms with Crippen LogP contribution in [0.1, 0.15) is 5.56 Å². The zero-order valence-electron chi connectivity index (χ0n) is 8.95. The van der Waals surface area contributed by atoms with Crippen LogP contribution in [-0.4, -0.2) is 12.3 Å². The Balaban J connectivity index is 2.61. The highest BCUT2D eigenvalue weighted by molar-refractivity contribution is 6.33. The number of nitrogens with two attached hydrogens (primary N) is 1. The number of aromatic nitrogens is 1. The maximum absolute atomic E-state index is 6.14. The zero-order chi connectivity index (χ0) is 11.7. The van der Waals surface area contributed by atoms with E-state index in [9.17, 15) is 0 Å². The van der Waals surface area contributed by atoms with Gasteiger partial charge in [-0.05, 0) is 18.6 Å². The molecular weight excluding hydrogens is 228 g/mol. The average Bonchev–Trinajstić information content (AvgIpc) is 2.68. The summed E-state index contributed by atoms with van der Waals surface area (Å²) in [6, 6.07) is 5.38. The molecule has 0 saturated heterocycles. The van der Waals surface area contributed by atoms with E-state index in [1.165, 1.54) is 0 Å². The summed E-state index contributed by atoms with van der Waals surface area (Å²) in [4.78, 5) is 0. The first-order valence-corrected chi connectivity index (χ1v) is 5.07. The number of halogens is 1. The monoisotopic (exact) mass is 238 g/mol. The second kappa shape index (κ2) is 4.06. The van der Waals surface area contributed by atoms with E-state index in [0.717, 1.165) is 11.1 Å². The van der Waals surface area contributed by atoms with Gasteiger partial charge in [-0.25, -0.2) is 0 Å². The van der Waals surface area contributed by atoms with E-state index >= 15 is 0 Å². The van der Waals surface area contributed by atoms with Gasteiger partial charge < -0.3 is 15.0 Å². The number of benzene rings is 1. The predicted molar refractivity (Wildman–Crippen MR) is 62.7 cm³/mol. The molecule has 0 aliphatic carbocycles. The third kappa shape index (κ3) is 1.72. The van der Waals surface area contributed by atoms with Gasteiger partial charge >= 0.3 is 0 Å². The van der Waals surface area contributed by atoms with Gasteiger partial charge in [0.15, 0.2) is 11.6 Å². The molecule has 0 spiro atoms. The third-order valence-corrected chi connectivity index (χ3v) is 2.76. The van der Waals surface area contributed by atoms with Crippen LogP contribution in [0.2, 0.25) is 5.02 Å². The Morgan fingerprint density at radius 2 is 2.19 bits per heavy atom. The van der Waals surface area contributed by atoms with Crippen LogP contribution in [0.3, 0.4) is 0 Å². The summed E-state index contributed by atoms with van der Waals surface area (Å²) < 4.78 is 10.3. The van der Waals surface area contributed by atoms with Crippen molar-refractivity contribution in [3.63, 3.8) is 0 Å². The first-order chi connectivity index (χ1) is 7.63. The van der Waals surface area contributed by atoms with E-state index in [1.807, 2.05) is 19.1 Å². The SMILES string of the molecule is COc1c(-c2cc(N)no2)ccc(C)c1Cl. The van der Waals surface area contributed by atoms with Gasteiger partial charge in [-0.3, -0.25) is 0 Å². The molecular formula is C11H11ClN2O2. The van der Waals surface area contributed by atoms with E-state index in [0.29, 0.717) is 22.4 Å². The lowest BCUT2D eigenvalue weighted by Crippen LogP contribution is -1.90. The topological polar surface area (TPSA) is 61.3 Å². The number of anilines is 1. The van der Waals surface area contributed by atoms with Crippen LogP contribution >= 0.6 is 11.6 Å². The molecule has 5 heteroatoms. The van der Waals surface area contributed by atoms with Gasteiger partial charge in [0.25, 0.3) is 0 Å². The number of hydrogen-bond acceptors (Lipinski definition) is 4. The lowest BCUT2D eigenvalue weighted by Gasteiger charge is -2.09. The van der Waals surface area contributed by atoms with Crippen molar-refractivity contribution in [1.29, 1.82) is 0 Å². The molecule has 0 unspecified atom stereocenters. The molecule has 0 fully saturated rings. The first kappa shape index (κ1) is 10.8. The second-order valence-corrected chi connectivity index (χ2v) is 3.77. The van der Waals surface area contributed by atoms with E-state index in [2.05, 4.69) is 5.16 Å². The second-order valence-electron chi connectivity index (χ2n) is 3.39. The highest BCUT2D eigenvalue weighted by Gasteiger charge is 2.15. The van der Waals surface area contributed by atoms with Crippen molar-refractivity contribution in [2.24, 2.45) is 0 Å². The highest BCUT2D eigenvalue weighted by atomic mass is 35.5. The largest absolute Gasteiger partial charge is 0.494 e. The van der Waals surface area contributed by atoms with Crippen LogP contribution in [0.25, 0.3) is 11.3 Å². The fourth-order valence-corrected chi connectivity index (χ4v) is 1.71. The van der Waals surface area contributed by atoms with E-state index in [4.69, 9.17) is 26.6 Å². The van der Waals surface area contributed by atoms with Crippen LogP contribution in [-0.2, 0) is 0 Å². The van der Waals surface area contributed by atoms with Gasteiger partial charge in [0.2, 0.25) is 0 Å². The molecule has 1 heterocycles. The summed E-state index contributed by atoms with van der Waals surface area (Å²) in [5, 5.41) is 4.19. The number of methoxy groups -OCH3 is 1. The highest BCUT2D eigenvalue weighted by Crippen LogP contribution is 2.38. The van der Waals surface area contributed by atoms with Gasteiger partial charge in [0.05, 0.1) is 17.7 Å². The van der Waals surface area contributed by atoms with Gasteiger partial charge in [0.1, 0.15) is 5.75 Å². The molecule has 2 N–H and O–H groups in total. The molecule has 0 bridgehead atoms. The van der Waals surface area contributed by atoms with Gasteiger partial charge in [-0.1, -0.05) is 22.8 Å². The van der Waals surface area contributed by atoms with Crippen LogP contribution in [0, 0.1) is 6.92 Å². The predicted octanol–water partition coefficient (Wildman–Crippen LogP) is 2.89. The van der Waals surface area contributed by atoms with Gasteiger partial charge in [-0.2, -0.15) is 0 Å². The fourth-order valence-electron chi connectivity index (χ4n) is 1.46. The smallest absolute Gasteiger partial charge is 0.172 e. The van der Waals surface area contributed by atoms with Crippen LogP contribution < -0.4 is 10.5 Å². The molecule has 0 atom stereocenters. The average molecular weight is 239 g/mol. The summed E-state index contributed by atoms with van der Waals surface area (Å²) in [5.41, 5.74) is 7.17. The number of nitrogens with zero attached hydrogens (tertiary/aromatic N) is 1. The summed E-state index contributed by atoms with van der Waals surface area (Å²) >= 11 is 6.14. The molecule has 2 aromatic rings. The first-order valence-electron chi connectivity index (χ1n) is 4.69. The van der Waals surface area contributed by atoms with Crippen molar-refractivity contribution in [3.8, 4) is 17.1 Å². The van der Waals surface area contributed by atoms with Crippen LogP contribution in [0.4, 0.5) is 5.82 Å². The van der Waals surface area contributed by atoms with Crippen molar-refractivity contribution >= 4 is 17.4 Å². The number of nitrogen functional groups attached to an aromatic ring is 1. The van der Waals surface area contributed by atoms with Crippen molar-refractivity contribution in [3.05, 3.63) is 28.8 Å². The maximum atomic E-state index is 6.14. The molecule has 0 radical (unpaired) electrons. The number of aryl methyl sites for hydroxylation is 1. The Labute approximate surface area is 97.9 Å². The molecule has 4 nitrogen and oxygen atoms in total. The number of hydrogen-bond donors (Lipinski definition) is 1. The van der Waals surface area contributed by atoms with Crippen molar-refractivity contribution in [1.82, 2.24) is 5.16 Å². The third-order valence-electron chi connectivity index (χ3n) is 2.29. The molecule has 1 aromatic carbocycles. The molecule has 1 aromatic heterocycles. The summed E-state index contributed by atoms with van der Waals surface area (Å²) in [6.45, 7) is 1.91. The fraction of sp³-hybridized carbons (Fsp3) is 0.182. The van der Waals surface area contributed by atoms with Crippen LogP contribution in [0.15, 0.2) is 22.7 Å². The van der Waals surface area contributed by atoms with E-state index in [1.54, 1.807) is 13.2 Å². The van der Waals surface area contributed by atoms with E-state index in [-0.39, 0.29) is 0 Å². The quantitative estimate of drug-likeness (QED) is 0.874. The summed E-state index contributed by atoms with van der Waals surface area (Å²) in [6.07, 6.45) is 0. The van der Waals surface area contributed by atoms with Crippen molar-refractivity contribution < 1.29 is 9.26 Å². The van der Waals surface area contributed by atoms with Crippen LogP contribution in [0.5, 0.6) is 5.75 Å². The normalized spacial score (nSPS) is 10.4. The Hall–Kier alpha value is -1.68. The lowest BCUT2D eigenvalue weighted by atomic mass is 10.1. The Morgan fingerprint density at radius 1 is 1.44 bits per heavy atom. The lowest BCUT2D eigenvalue weighted by molar-refractivity contribution is 0.407. The molecule has 84 valence electrons. The number of rotatable bonds is 2. The molecule has 0 aliphatic rings. The van der Waals surface area contributed by atoms with Gasteiger partial charge in [0, 0.05) is 6.07 Å². The molecule has 0 saturated carbocycles. The van der Waals surface area contributed by atoms with Crippen molar-refractivity contribution in [2.45, 2.75) is 6.92 Å². The van der Waals surface area contributed by atoms with E-state index < -0.39 is 0 Å². The molecule has 16 heavy (non-hydrogen) atoms. The molecule has 2 rings (SSSR count). The number of ether oxygens (including phenoxy) is 1.